The molecule has 0 spiro atoms. The molecule has 0 bridgehead atoms. The van der Waals surface area contributed by atoms with Gasteiger partial charge in [0, 0.05) is 18.9 Å². The fourth-order valence-electron chi connectivity index (χ4n) is 2.72. The van der Waals surface area contributed by atoms with Crippen LogP contribution in [0.5, 0.6) is 0 Å². The van der Waals surface area contributed by atoms with E-state index in [0.29, 0.717) is 6.54 Å². The molecule has 0 fully saturated rings. The van der Waals surface area contributed by atoms with Gasteiger partial charge in [0.15, 0.2) is 0 Å². The third kappa shape index (κ3) is 3.62. The van der Waals surface area contributed by atoms with Gasteiger partial charge in [0.05, 0.1) is 17.1 Å². The Hall–Kier alpha value is -2.14. The van der Waals surface area contributed by atoms with Crippen LogP contribution in [0.1, 0.15) is 45.2 Å². The van der Waals surface area contributed by atoms with Crippen LogP contribution in [0.3, 0.4) is 0 Å². The molecule has 23 heavy (non-hydrogen) atoms. The first-order chi connectivity index (χ1) is 11.1. The number of nitrogens with two attached hydrogens (primary N) is 1. The second-order valence-corrected chi connectivity index (χ2v) is 5.93. The average molecular weight is 314 g/mol. The number of rotatable bonds is 7. The molecule has 0 radical (unpaired) electrons. The van der Waals surface area contributed by atoms with Crippen LogP contribution >= 0.6 is 0 Å². The predicted molar refractivity (Wildman–Crippen MR) is 92.2 cm³/mol. The first-order valence-electron chi connectivity index (χ1n) is 8.17. The Kier molecular flexibility index (Phi) is 5.55. The molecule has 5 nitrogen and oxygen atoms in total. The molecule has 5 heteroatoms. The lowest BCUT2D eigenvalue weighted by Crippen LogP contribution is -2.46. The second-order valence-electron chi connectivity index (χ2n) is 5.93. The Morgan fingerprint density at radius 1 is 1.30 bits per heavy atom. The van der Waals surface area contributed by atoms with Crippen molar-refractivity contribution >= 4 is 5.91 Å². The summed E-state index contributed by atoms with van der Waals surface area (Å²) < 4.78 is 1.81. The first-order valence-corrected chi connectivity index (χ1v) is 8.17. The van der Waals surface area contributed by atoms with E-state index >= 15 is 0 Å². The van der Waals surface area contributed by atoms with E-state index in [-0.39, 0.29) is 11.9 Å². The number of nitrogens with one attached hydrogen (secondary N) is 1. The highest BCUT2D eigenvalue weighted by atomic mass is 16.2. The predicted octanol–water partition coefficient (Wildman–Crippen LogP) is 2.81. The van der Waals surface area contributed by atoms with Gasteiger partial charge in [0.2, 0.25) is 5.91 Å². The monoisotopic (exact) mass is 314 g/mol. The summed E-state index contributed by atoms with van der Waals surface area (Å²) in [5, 5.41) is 7.31. The molecule has 0 aliphatic carbocycles. The van der Waals surface area contributed by atoms with Crippen LogP contribution in [-0.2, 0) is 4.79 Å². The Morgan fingerprint density at radius 3 is 2.43 bits per heavy atom. The third-order valence-electron chi connectivity index (χ3n) is 4.74. The summed E-state index contributed by atoms with van der Waals surface area (Å²) in [5.41, 5.74) is 7.44. The van der Waals surface area contributed by atoms with E-state index in [4.69, 9.17) is 5.73 Å². The fourth-order valence-corrected chi connectivity index (χ4v) is 2.72. The second kappa shape index (κ2) is 7.42. The van der Waals surface area contributed by atoms with Gasteiger partial charge in [-0.1, -0.05) is 26.0 Å². The summed E-state index contributed by atoms with van der Waals surface area (Å²) in [6.07, 6.45) is 5.14. The Morgan fingerprint density at radius 2 is 1.96 bits per heavy atom. The van der Waals surface area contributed by atoms with Crippen molar-refractivity contribution < 1.29 is 4.79 Å². The molecule has 1 aromatic carbocycles. The van der Waals surface area contributed by atoms with Crippen LogP contribution in [0.4, 0.5) is 0 Å². The van der Waals surface area contributed by atoms with Crippen molar-refractivity contribution in [2.24, 2.45) is 11.1 Å². The lowest BCUT2D eigenvalue weighted by molar-refractivity contribution is -0.131. The number of nitrogens with zero attached hydrogens (tertiary/aromatic N) is 2. The van der Waals surface area contributed by atoms with Gasteiger partial charge in [-0.15, -0.1) is 0 Å². The lowest BCUT2D eigenvalue weighted by atomic mass is 9.81. The van der Waals surface area contributed by atoms with E-state index in [1.54, 1.807) is 10.9 Å². The van der Waals surface area contributed by atoms with E-state index in [1.807, 2.05) is 57.3 Å². The molecular formula is C18H26N4O. The number of benzene rings is 1. The molecule has 0 saturated heterocycles. The molecule has 3 N–H and O–H groups in total. The van der Waals surface area contributed by atoms with Crippen molar-refractivity contribution in [1.82, 2.24) is 15.1 Å². The molecule has 2 aromatic rings. The van der Waals surface area contributed by atoms with Crippen LogP contribution in [0, 0.1) is 5.41 Å². The minimum atomic E-state index is -0.469. The highest BCUT2D eigenvalue weighted by Gasteiger charge is 2.33. The SMILES string of the molecule is CCC(CC)(CN)C(=O)NC(C)c1ccc(-n2cccn2)cc1. The van der Waals surface area contributed by atoms with Crippen LogP contribution in [0.25, 0.3) is 5.69 Å². The average Bonchev–Trinajstić information content (AvgIpc) is 3.11. The number of hydrogen-bond donors (Lipinski definition) is 2. The number of hydrogen-bond acceptors (Lipinski definition) is 3. The van der Waals surface area contributed by atoms with Gasteiger partial charge in [-0.25, -0.2) is 4.68 Å². The molecule has 1 heterocycles. The first kappa shape index (κ1) is 17.2. The van der Waals surface area contributed by atoms with Crippen molar-refractivity contribution in [2.75, 3.05) is 6.54 Å². The van der Waals surface area contributed by atoms with Gasteiger partial charge in [-0.2, -0.15) is 5.10 Å². The molecule has 1 aromatic heterocycles. The maximum atomic E-state index is 12.6. The Labute approximate surface area is 137 Å². The minimum absolute atomic E-state index is 0.0358. The molecule has 2 rings (SSSR count). The Balaban J connectivity index is 2.08. The summed E-state index contributed by atoms with van der Waals surface area (Å²) in [6.45, 7) is 6.39. The number of carbonyl (C=O) groups is 1. The number of aromatic nitrogens is 2. The summed E-state index contributed by atoms with van der Waals surface area (Å²) in [5.74, 6) is 0.0358. The molecule has 0 aliphatic heterocycles. The number of carbonyl (C=O) groups excluding carboxylic acids is 1. The summed E-state index contributed by atoms with van der Waals surface area (Å²) in [6, 6.07) is 9.87. The van der Waals surface area contributed by atoms with E-state index in [2.05, 4.69) is 10.4 Å². The highest BCUT2D eigenvalue weighted by molar-refractivity contribution is 5.83. The van der Waals surface area contributed by atoms with Gasteiger partial charge in [-0.3, -0.25) is 4.79 Å². The molecule has 0 aliphatic rings. The zero-order valence-corrected chi connectivity index (χ0v) is 14.1. The largest absolute Gasteiger partial charge is 0.349 e. The van der Waals surface area contributed by atoms with Crippen molar-refractivity contribution in [3.05, 3.63) is 48.3 Å². The van der Waals surface area contributed by atoms with Crippen LogP contribution in [0.2, 0.25) is 0 Å². The fraction of sp³-hybridized carbons (Fsp3) is 0.444. The van der Waals surface area contributed by atoms with Crippen molar-refractivity contribution in [3.63, 3.8) is 0 Å². The van der Waals surface area contributed by atoms with Gasteiger partial charge in [-0.05, 0) is 43.5 Å². The summed E-state index contributed by atoms with van der Waals surface area (Å²) in [4.78, 5) is 12.6. The van der Waals surface area contributed by atoms with Gasteiger partial charge >= 0.3 is 0 Å². The maximum absolute atomic E-state index is 12.6. The van der Waals surface area contributed by atoms with Gasteiger partial charge in [0.1, 0.15) is 0 Å². The molecular weight excluding hydrogens is 288 g/mol. The normalized spacial score (nSPS) is 12.9. The quantitative estimate of drug-likeness (QED) is 0.825. The number of amides is 1. The topological polar surface area (TPSA) is 72.9 Å². The lowest BCUT2D eigenvalue weighted by Gasteiger charge is -2.30. The van der Waals surface area contributed by atoms with Crippen LogP contribution in [-0.4, -0.2) is 22.2 Å². The van der Waals surface area contributed by atoms with E-state index in [1.165, 1.54) is 0 Å². The van der Waals surface area contributed by atoms with Crippen molar-refractivity contribution in [2.45, 2.75) is 39.7 Å². The zero-order valence-electron chi connectivity index (χ0n) is 14.1. The minimum Gasteiger partial charge on any atom is -0.349 e. The Bertz CT molecular complexity index is 607. The standard InChI is InChI=1S/C18H26N4O/c1-4-18(5-2,13-19)17(23)21-14(3)15-7-9-16(10-8-15)22-12-6-11-20-22/h6-12,14H,4-5,13,19H2,1-3H3,(H,21,23). The summed E-state index contributed by atoms with van der Waals surface area (Å²) in [7, 11) is 0. The van der Waals surface area contributed by atoms with Crippen molar-refractivity contribution in [3.8, 4) is 5.69 Å². The van der Waals surface area contributed by atoms with E-state index in [0.717, 1.165) is 24.1 Å². The molecule has 1 unspecified atom stereocenters. The molecule has 0 saturated carbocycles. The van der Waals surface area contributed by atoms with E-state index < -0.39 is 5.41 Å². The molecule has 1 atom stereocenters. The smallest absolute Gasteiger partial charge is 0.227 e. The van der Waals surface area contributed by atoms with Gasteiger partial charge in [0.25, 0.3) is 0 Å². The van der Waals surface area contributed by atoms with Crippen LogP contribution in [0.15, 0.2) is 42.7 Å². The maximum Gasteiger partial charge on any atom is 0.227 e. The van der Waals surface area contributed by atoms with E-state index in [9.17, 15) is 4.79 Å². The highest BCUT2D eigenvalue weighted by Crippen LogP contribution is 2.26. The van der Waals surface area contributed by atoms with Gasteiger partial charge < -0.3 is 11.1 Å². The third-order valence-corrected chi connectivity index (χ3v) is 4.74. The van der Waals surface area contributed by atoms with Crippen LogP contribution < -0.4 is 11.1 Å². The van der Waals surface area contributed by atoms with Crippen molar-refractivity contribution in [1.29, 1.82) is 0 Å². The summed E-state index contributed by atoms with van der Waals surface area (Å²) >= 11 is 0. The molecule has 1 amide bonds. The zero-order chi connectivity index (χ0) is 16.9. The molecule has 124 valence electrons.